The van der Waals surface area contributed by atoms with E-state index < -0.39 is 6.04 Å². The molecule has 0 spiro atoms. The molecule has 4 nitrogen and oxygen atoms in total. The van der Waals surface area contributed by atoms with E-state index in [1.807, 2.05) is 19.9 Å². The van der Waals surface area contributed by atoms with Crippen LogP contribution in [0.1, 0.15) is 43.5 Å². The zero-order chi connectivity index (χ0) is 16.5. The fourth-order valence-electron chi connectivity index (χ4n) is 2.13. The van der Waals surface area contributed by atoms with Crippen LogP contribution in [0.3, 0.4) is 0 Å². The molecule has 0 bridgehead atoms. The lowest BCUT2D eigenvalue weighted by atomic mass is 9.97. The van der Waals surface area contributed by atoms with E-state index in [-0.39, 0.29) is 23.8 Å². The molecule has 0 aliphatic carbocycles. The molecule has 4 heteroatoms. The van der Waals surface area contributed by atoms with E-state index in [9.17, 15) is 9.59 Å². The Kier molecular flexibility index (Phi) is 7.64. The number of hydrogen-bond donors (Lipinski definition) is 2. The van der Waals surface area contributed by atoms with Crippen molar-refractivity contribution in [3.8, 4) is 0 Å². The highest BCUT2D eigenvalue weighted by Gasteiger charge is 2.26. The Balaban J connectivity index is 2.76. The summed E-state index contributed by atoms with van der Waals surface area (Å²) in [6.45, 7) is 11.6. The predicted molar refractivity (Wildman–Crippen MR) is 89.0 cm³/mol. The van der Waals surface area contributed by atoms with Crippen molar-refractivity contribution < 1.29 is 9.59 Å². The summed E-state index contributed by atoms with van der Waals surface area (Å²) >= 11 is 0. The molecule has 3 atom stereocenters. The average molecular weight is 302 g/mol. The van der Waals surface area contributed by atoms with Gasteiger partial charge in [-0.15, -0.1) is 0 Å². The monoisotopic (exact) mass is 302 g/mol. The van der Waals surface area contributed by atoms with Crippen LogP contribution >= 0.6 is 0 Å². The minimum atomic E-state index is -0.563. The van der Waals surface area contributed by atoms with Gasteiger partial charge < -0.3 is 10.6 Å². The molecule has 1 aromatic carbocycles. The molecule has 0 saturated carbocycles. The molecular weight excluding hydrogens is 276 g/mol. The van der Waals surface area contributed by atoms with Crippen LogP contribution in [-0.4, -0.2) is 23.9 Å². The summed E-state index contributed by atoms with van der Waals surface area (Å²) in [5.74, 6) is -0.384. The molecule has 0 aliphatic rings. The molecule has 1 aromatic rings. The number of rotatable bonds is 8. The van der Waals surface area contributed by atoms with E-state index in [4.69, 9.17) is 0 Å². The van der Waals surface area contributed by atoms with Crippen molar-refractivity contribution >= 4 is 11.8 Å². The molecule has 0 heterocycles. The van der Waals surface area contributed by atoms with Gasteiger partial charge in [-0.3, -0.25) is 9.59 Å². The van der Waals surface area contributed by atoms with Crippen LogP contribution in [0.4, 0.5) is 0 Å². The Labute approximate surface area is 133 Å². The fraction of sp³-hybridized carbons (Fsp3) is 0.444. The Morgan fingerprint density at radius 3 is 2.36 bits per heavy atom. The summed E-state index contributed by atoms with van der Waals surface area (Å²) < 4.78 is 0. The Bertz CT molecular complexity index is 473. The van der Waals surface area contributed by atoms with E-state index in [2.05, 4.69) is 24.5 Å². The molecule has 2 radical (unpaired) electrons. The minimum absolute atomic E-state index is 0.0413. The number of carbonyl (C=O) groups excluding carboxylic acids is 2. The van der Waals surface area contributed by atoms with Gasteiger partial charge >= 0.3 is 0 Å². The molecule has 0 aromatic heterocycles. The zero-order valence-electron chi connectivity index (χ0n) is 13.5. The standard InChI is InChI=1S/C18H26N2O2/c1-5-10-14(4)19-18(22)16(13(3)6-2)20-17(21)15-11-8-7-9-12-15/h7-9,11-14,16H,1,4-6,10H2,2-3H3,(H,19,22)(H,20,21)/t13?,14-,16+/m1/s1. The molecule has 1 rings (SSSR count). The quantitative estimate of drug-likeness (QED) is 0.776. The van der Waals surface area contributed by atoms with Crippen LogP contribution in [0.2, 0.25) is 0 Å². The zero-order valence-corrected chi connectivity index (χ0v) is 13.5. The van der Waals surface area contributed by atoms with Gasteiger partial charge in [-0.1, -0.05) is 51.8 Å². The maximum atomic E-state index is 12.4. The highest BCUT2D eigenvalue weighted by Crippen LogP contribution is 2.10. The third-order valence-corrected chi connectivity index (χ3v) is 3.72. The van der Waals surface area contributed by atoms with Gasteiger partial charge in [0.2, 0.25) is 5.91 Å². The Morgan fingerprint density at radius 1 is 1.18 bits per heavy atom. The first-order valence-corrected chi connectivity index (χ1v) is 7.78. The van der Waals surface area contributed by atoms with Crippen molar-refractivity contribution in [1.29, 1.82) is 0 Å². The fourth-order valence-corrected chi connectivity index (χ4v) is 2.13. The minimum Gasteiger partial charge on any atom is -0.352 e. The molecule has 0 saturated heterocycles. The Hall–Kier alpha value is -1.84. The van der Waals surface area contributed by atoms with Gasteiger partial charge in [-0.25, -0.2) is 0 Å². The molecule has 22 heavy (non-hydrogen) atoms. The van der Waals surface area contributed by atoms with Crippen LogP contribution < -0.4 is 10.6 Å². The SMILES string of the molecule is [CH2]CC[C@@H]([CH2])NC(=O)[C@@H](NC(=O)c1ccccc1)C(C)CC. The van der Waals surface area contributed by atoms with Gasteiger partial charge in [0.15, 0.2) is 0 Å². The first-order valence-electron chi connectivity index (χ1n) is 7.78. The molecular formula is C18H26N2O2. The first kappa shape index (κ1) is 18.2. The van der Waals surface area contributed by atoms with Crippen molar-refractivity contribution in [2.24, 2.45) is 5.92 Å². The molecule has 0 aliphatic heterocycles. The van der Waals surface area contributed by atoms with Crippen LogP contribution in [0.15, 0.2) is 30.3 Å². The lowest BCUT2D eigenvalue weighted by Crippen LogP contribution is -2.52. The van der Waals surface area contributed by atoms with Crippen LogP contribution in [0.25, 0.3) is 0 Å². The van der Waals surface area contributed by atoms with Gasteiger partial charge in [0.05, 0.1) is 0 Å². The number of amides is 2. The second kappa shape index (κ2) is 9.23. The van der Waals surface area contributed by atoms with Crippen molar-refractivity contribution in [3.63, 3.8) is 0 Å². The normalized spacial score (nSPS) is 14.7. The summed E-state index contributed by atoms with van der Waals surface area (Å²) in [6.07, 6.45) is 2.22. The second-order valence-electron chi connectivity index (χ2n) is 5.55. The van der Waals surface area contributed by atoms with Gasteiger partial charge in [-0.2, -0.15) is 0 Å². The highest BCUT2D eigenvalue weighted by molar-refractivity contribution is 5.97. The van der Waals surface area contributed by atoms with Crippen LogP contribution in [-0.2, 0) is 4.79 Å². The van der Waals surface area contributed by atoms with Crippen molar-refractivity contribution in [3.05, 3.63) is 49.7 Å². The summed E-state index contributed by atoms with van der Waals surface area (Å²) in [5, 5.41) is 5.69. The van der Waals surface area contributed by atoms with E-state index in [1.165, 1.54) is 0 Å². The van der Waals surface area contributed by atoms with Crippen molar-refractivity contribution in [1.82, 2.24) is 10.6 Å². The summed E-state index contributed by atoms with van der Waals surface area (Å²) in [6, 6.07) is 8.15. The summed E-state index contributed by atoms with van der Waals surface area (Å²) in [5.41, 5.74) is 0.549. The lowest BCUT2D eigenvalue weighted by Gasteiger charge is -2.25. The highest BCUT2D eigenvalue weighted by atomic mass is 16.2. The van der Waals surface area contributed by atoms with E-state index in [0.29, 0.717) is 18.4 Å². The molecule has 0 fully saturated rings. The van der Waals surface area contributed by atoms with Crippen LogP contribution in [0.5, 0.6) is 0 Å². The summed E-state index contributed by atoms with van der Waals surface area (Å²) in [7, 11) is 0. The summed E-state index contributed by atoms with van der Waals surface area (Å²) in [4.78, 5) is 24.7. The number of benzene rings is 1. The van der Waals surface area contributed by atoms with E-state index in [1.54, 1.807) is 24.3 Å². The van der Waals surface area contributed by atoms with Gasteiger partial charge in [0.1, 0.15) is 6.04 Å². The first-order chi connectivity index (χ1) is 10.5. The van der Waals surface area contributed by atoms with Crippen molar-refractivity contribution in [2.45, 2.75) is 45.2 Å². The van der Waals surface area contributed by atoms with Gasteiger partial charge in [0.25, 0.3) is 5.91 Å². The smallest absolute Gasteiger partial charge is 0.251 e. The largest absolute Gasteiger partial charge is 0.352 e. The van der Waals surface area contributed by atoms with Crippen molar-refractivity contribution in [2.75, 3.05) is 0 Å². The van der Waals surface area contributed by atoms with Gasteiger partial charge in [0, 0.05) is 11.6 Å². The lowest BCUT2D eigenvalue weighted by molar-refractivity contribution is -0.124. The number of hydrogen-bond acceptors (Lipinski definition) is 2. The molecule has 120 valence electrons. The maximum Gasteiger partial charge on any atom is 0.251 e. The number of carbonyl (C=O) groups is 2. The topological polar surface area (TPSA) is 58.2 Å². The molecule has 2 amide bonds. The second-order valence-corrected chi connectivity index (χ2v) is 5.55. The Morgan fingerprint density at radius 2 is 1.82 bits per heavy atom. The number of nitrogens with one attached hydrogen (secondary N) is 2. The van der Waals surface area contributed by atoms with Crippen LogP contribution in [0, 0.1) is 19.8 Å². The third kappa shape index (κ3) is 5.51. The predicted octanol–water partition coefficient (Wildman–Crippen LogP) is 2.76. The molecule has 1 unspecified atom stereocenters. The third-order valence-electron chi connectivity index (χ3n) is 3.72. The van der Waals surface area contributed by atoms with E-state index >= 15 is 0 Å². The maximum absolute atomic E-state index is 12.4. The average Bonchev–Trinajstić information content (AvgIpc) is 2.52. The van der Waals surface area contributed by atoms with Gasteiger partial charge in [-0.05, 0) is 31.4 Å². The van der Waals surface area contributed by atoms with E-state index in [0.717, 1.165) is 6.42 Å². The molecule has 2 N–H and O–H groups in total.